The summed E-state index contributed by atoms with van der Waals surface area (Å²) in [6.07, 6.45) is 6.10. The van der Waals surface area contributed by atoms with Gasteiger partial charge in [0.15, 0.2) is 0 Å². The van der Waals surface area contributed by atoms with Crippen LogP contribution in [0, 0.1) is 0 Å². The van der Waals surface area contributed by atoms with Gasteiger partial charge < -0.3 is 9.47 Å². The smallest absolute Gasteiger partial charge is 0.308 e. The largest absolute Gasteiger partial charge is 0.427 e. The van der Waals surface area contributed by atoms with Gasteiger partial charge in [0.05, 0.1) is 0 Å². The van der Waals surface area contributed by atoms with Crippen LogP contribution in [0.3, 0.4) is 0 Å². The lowest BCUT2D eigenvalue weighted by molar-refractivity contribution is -0.136. The Labute approximate surface area is 157 Å². The molecule has 0 unspecified atom stereocenters. The third-order valence-corrected chi connectivity index (χ3v) is 3.97. The highest BCUT2D eigenvalue weighted by Crippen LogP contribution is 2.20. The molecule has 0 saturated carbocycles. The Balaban J connectivity index is 2.17. The van der Waals surface area contributed by atoms with E-state index in [1.807, 2.05) is 60.7 Å². The third kappa shape index (κ3) is 4.82. The number of ether oxygens (including phenoxy) is 2. The zero-order valence-corrected chi connectivity index (χ0v) is 15.3. The van der Waals surface area contributed by atoms with E-state index < -0.39 is 11.9 Å². The van der Waals surface area contributed by atoms with Crippen molar-refractivity contribution in [1.29, 1.82) is 0 Å². The van der Waals surface area contributed by atoms with E-state index in [0.29, 0.717) is 23.5 Å². The molecule has 2 aromatic rings. The summed E-state index contributed by atoms with van der Waals surface area (Å²) in [5.74, 6) is 0.0342. The molecule has 0 aromatic heterocycles. The van der Waals surface area contributed by atoms with E-state index in [0.717, 1.165) is 16.0 Å². The molecular weight excluding hydrogens is 340 g/mol. The SMILES string of the molecule is CC(=O)OC1=C/C(=C\Cc2ccccc2)C(OC(C)=O)=c2ccccc2=C1. The van der Waals surface area contributed by atoms with Crippen LogP contribution in [0.5, 0.6) is 0 Å². The molecule has 0 heterocycles. The average molecular weight is 360 g/mol. The van der Waals surface area contributed by atoms with Crippen molar-refractivity contribution in [3.63, 3.8) is 0 Å². The average Bonchev–Trinajstić information content (AvgIpc) is 2.77. The van der Waals surface area contributed by atoms with E-state index in [1.54, 1.807) is 12.2 Å². The second kappa shape index (κ2) is 8.32. The van der Waals surface area contributed by atoms with Gasteiger partial charge in [0.2, 0.25) is 0 Å². The fraction of sp³-hybridized carbons (Fsp3) is 0.130. The molecule has 4 nitrogen and oxygen atoms in total. The Morgan fingerprint density at radius 1 is 0.852 bits per heavy atom. The number of esters is 2. The van der Waals surface area contributed by atoms with Gasteiger partial charge in [-0.3, -0.25) is 9.59 Å². The number of hydrogen-bond acceptors (Lipinski definition) is 4. The van der Waals surface area contributed by atoms with Crippen molar-refractivity contribution in [2.24, 2.45) is 0 Å². The zero-order chi connectivity index (χ0) is 19.2. The predicted molar refractivity (Wildman–Crippen MR) is 103 cm³/mol. The molecule has 0 atom stereocenters. The first kappa shape index (κ1) is 18.4. The molecule has 27 heavy (non-hydrogen) atoms. The summed E-state index contributed by atoms with van der Waals surface area (Å²) in [6.45, 7) is 2.73. The van der Waals surface area contributed by atoms with Gasteiger partial charge in [-0.05, 0) is 29.4 Å². The number of hydrogen-bond donors (Lipinski definition) is 0. The van der Waals surface area contributed by atoms with Crippen LogP contribution in [-0.2, 0) is 25.5 Å². The highest BCUT2D eigenvalue weighted by Gasteiger charge is 2.15. The highest BCUT2D eigenvalue weighted by atomic mass is 16.5. The van der Waals surface area contributed by atoms with Crippen LogP contribution in [0.2, 0.25) is 0 Å². The summed E-state index contributed by atoms with van der Waals surface area (Å²) < 4.78 is 10.9. The van der Waals surface area contributed by atoms with Gasteiger partial charge in [0, 0.05) is 24.6 Å². The summed E-state index contributed by atoms with van der Waals surface area (Å²) in [4.78, 5) is 23.2. The van der Waals surface area contributed by atoms with Crippen LogP contribution in [0.15, 0.2) is 78.1 Å². The van der Waals surface area contributed by atoms with Crippen molar-refractivity contribution in [3.05, 3.63) is 94.1 Å². The molecule has 0 amide bonds. The minimum Gasteiger partial charge on any atom is -0.427 e. The van der Waals surface area contributed by atoms with E-state index in [4.69, 9.17) is 9.47 Å². The Kier molecular flexibility index (Phi) is 5.67. The first-order valence-corrected chi connectivity index (χ1v) is 8.67. The maximum atomic E-state index is 11.7. The quantitative estimate of drug-likeness (QED) is 0.787. The summed E-state index contributed by atoms with van der Waals surface area (Å²) in [5, 5.41) is 1.58. The van der Waals surface area contributed by atoms with Crippen LogP contribution in [0.1, 0.15) is 19.4 Å². The standard InChI is InChI=1S/C23H20O4/c1-16(24)26-21-14-19-10-6-7-11-22(19)23(27-17(2)25)20(15-21)13-12-18-8-4-3-5-9-18/h3-11,13-15H,12H2,1-2H3/b20-13+. The minimum absolute atomic E-state index is 0.399. The van der Waals surface area contributed by atoms with Gasteiger partial charge in [0.1, 0.15) is 11.5 Å². The topological polar surface area (TPSA) is 52.6 Å². The number of fused-ring (bicyclic) bond motifs is 1. The molecule has 0 bridgehead atoms. The maximum Gasteiger partial charge on any atom is 0.308 e. The van der Waals surface area contributed by atoms with Crippen molar-refractivity contribution in [3.8, 4) is 0 Å². The van der Waals surface area contributed by atoms with Crippen LogP contribution in [0.4, 0.5) is 0 Å². The molecular formula is C23H20O4. The van der Waals surface area contributed by atoms with Gasteiger partial charge >= 0.3 is 11.9 Å². The van der Waals surface area contributed by atoms with E-state index in [-0.39, 0.29) is 0 Å². The third-order valence-electron chi connectivity index (χ3n) is 3.97. The molecule has 1 aliphatic rings. The fourth-order valence-electron chi connectivity index (χ4n) is 2.87. The predicted octanol–water partition coefficient (Wildman–Crippen LogP) is 2.77. The van der Waals surface area contributed by atoms with Gasteiger partial charge in [-0.1, -0.05) is 60.7 Å². The lowest BCUT2D eigenvalue weighted by Gasteiger charge is -2.09. The Bertz CT molecular complexity index is 1040. The highest BCUT2D eigenvalue weighted by molar-refractivity contribution is 5.79. The van der Waals surface area contributed by atoms with Crippen molar-refractivity contribution < 1.29 is 19.1 Å². The normalized spacial score (nSPS) is 14.5. The fourth-order valence-corrected chi connectivity index (χ4v) is 2.87. The van der Waals surface area contributed by atoms with Crippen molar-refractivity contribution in [2.45, 2.75) is 20.3 Å². The van der Waals surface area contributed by atoms with E-state index >= 15 is 0 Å². The van der Waals surface area contributed by atoms with Crippen LogP contribution in [0.25, 0.3) is 11.8 Å². The van der Waals surface area contributed by atoms with E-state index in [9.17, 15) is 9.59 Å². The summed E-state index contributed by atoms with van der Waals surface area (Å²) in [7, 11) is 0. The van der Waals surface area contributed by atoms with Gasteiger partial charge in [-0.25, -0.2) is 0 Å². The van der Waals surface area contributed by atoms with E-state index in [1.165, 1.54) is 13.8 Å². The second-order valence-corrected chi connectivity index (χ2v) is 6.14. The Hall–Kier alpha value is -3.40. The summed E-state index contributed by atoms with van der Waals surface area (Å²) in [5.41, 5.74) is 1.81. The van der Waals surface area contributed by atoms with Crippen LogP contribution >= 0.6 is 0 Å². The molecule has 0 aliphatic heterocycles. The van der Waals surface area contributed by atoms with Gasteiger partial charge in [-0.15, -0.1) is 0 Å². The van der Waals surface area contributed by atoms with Crippen molar-refractivity contribution in [2.75, 3.05) is 0 Å². The van der Waals surface area contributed by atoms with Crippen LogP contribution < -0.4 is 10.4 Å². The summed E-state index contributed by atoms with van der Waals surface area (Å²) in [6, 6.07) is 17.5. The Morgan fingerprint density at radius 2 is 1.52 bits per heavy atom. The number of allylic oxidation sites excluding steroid dienone is 2. The minimum atomic E-state index is -0.409. The lowest BCUT2D eigenvalue weighted by atomic mass is 10.1. The molecule has 2 aromatic carbocycles. The lowest BCUT2D eigenvalue weighted by Crippen LogP contribution is -2.28. The molecule has 0 spiro atoms. The number of benzene rings is 2. The number of rotatable bonds is 4. The van der Waals surface area contributed by atoms with Crippen molar-refractivity contribution >= 4 is 23.8 Å². The molecule has 1 aliphatic carbocycles. The molecule has 0 saturated heterocycles. The van der Waals surface area contributed by atoms with Gasteiger partial charge in [-0.2, -0.15) is 0 Å². The summed E-state index contributed by atoms with van der Waals surface area (Å²) >= 11 is 0. The second-order valence-electron chi connectivity index (χ2n) is 6.14. The monoisotopic (exact) mass is 360 g/mol. The molecule has 4 heteroatoms. The molecule has 3 rings (SSSR count). The molecule has 0 fully saturated rings. The first-order valence-electron chi connectivity index (χ1n) is 8.67. The van der Waals surface area contributed by atoms with E-state index in [2.05, 4.69) is 0 Å². The molecule has 0 radical (unpaired) electrons. The number of carbonyl (C=O) groups is 2. The molecule has 136 valence electrons. The maximum absolute atomic E-state index is 11.7. The molecule has 0 N–H and O–H groups in total. The van der Waals surface area contributed by atoms with Crippen molar-refractivity contribution in [1.82, 2.24) is 0 Å². The first-order chi connectivity index (χ1) is 13.0. The van der Waals surface area contributed by atoms with Gasteiger partial charge in [0.25, 0.3) is 0 Å². The Morgan fingerprint density at radius 3 is 2.22 bits per heavy atom. The number of carbonyl (C=O) groups excluding carboxylic acids is 2. The zero-order valence-electron chi connectivity index (χ0n) is 15.3. The van der Waals surface area contributed by atoms with Crippen LogP contribution in [-0.4, -0.2) is 11.9 Å².